The zero-order chi connectivity index (χ0) is 24.8. The molecule has 7 heteroatoms. The van der Waals surface area contributed by atoms with Crippen molar-refractivity contribution in [1.82, 2.24) is 10.6 Å². The minimum atomic E-state index is -0.578. The van der Waals surface area contributed by atoms with E-state index in [1.54, 1.807) is 20.8 Å². The summed E-state index contributed by atoms with van der Waals surface area (Å²) < 4.78 is 10.4. The molecule has 1 aromatic rings. The molecule has 0 aliphatic heterocycles. The second kappa shape index (κ2) is 14.6. The largest absolute Gasteiger partial charge is 0.461 e. The normalized spacial score (nSPS) is 15.4. The molecular weight excluding hydrogens is 432 g/mol. The molecule has 0 atom stereocenters. The fraction of sp³-hybridized carbons (Fsp3) is 0.667. The molecule has 0 heterocycles. The summed E-state index contributed by atoms with van der Waals surface area (Å²) in [6.45, 7) is 6.41. The van der Waals surface area contributed by atoms with Crippen molar-refractivity contribution in [2.75, 3.05) is 13.1 Å². The summed E-state index contributed by atoms with van der Waals surface area (Å²) in [6, 6.07) is 7.53. The number of esters is 1. The van der Waals surface area contributed by atoms with Crippen molar-refractivity contribution in [2.24, 2.45) is 5.92 Å². The molecule has 0 radical (unpaired) electrons. The number of carbonyl (C=O) groups excluding carboxylic acids is 3. The van der Waals surface area contributed by atoms with Crippen LogP contribution in [0.15, 0.2) is 24.3 Å². The minimum absolute atomic E-state index is 0.0523. The first-order valence-electron chi connectivity index (χ1n) is 12.7. The average molecular weight is 475 g/mol. The Morgan fingerprint density at radius 3 is 2.09 bits per heavy atom. The lowest BCUT2D eigenvalue weighted by Gasteiger charge is -2.19. The predicted molar refractivity (Wildman–Crippen MR) is 132 cm³/mol. The standard InChI is InChI=1S/C27H42N2O5/c1-27(2,3)34-26(32)28-17-16-25(31)33-20-23-14-12-21(13-15-23)18-24(30)29-19-22-10-8-6-4-5-7-9-11-22/h12-15,22H,4-11,16-20H2,1-3H3,(H,28,32)(H,29,30). The second-order valence-electron chi connectivity index (χ2n) is 10.2. The van der Waals surface area contributed by atoms with Crippen molar-refractivity contribution in [1.29, 1.82) is 0 Å². The van der Waals surface area contributed by atoms with Gasteiger partial charge in [0.25, 0.3) is 0 Å². The quantitative estimate of drug-likeness (QED) is 0.488. The fourth-order valence-electron chi connectivity index (χ4n) is 4.00. The van der Waals surface area contributed by atoms with Crippen LogP contribution in [0.25, 0.3) is 0 Å². The molecule has 1 fully saturated rings. The van der Waals surface area contributed by atoms with Crippen molar-refractivity contribution < 1.29 is 23.9 Å². The van der Waals surface area contributed by atoms with Gasteiger partial charge in [-0.25, -0.2) is 4.79 Å². The lowest BCUT2D eigenvalue weighted by Crippen LogP contribution is -2.33. The molecule has 1 saturated carbocycles. The van der Waals surface area contributed by atoms with Gasteiger partial charge in [-0.3, -0.25) is 9.59 Å². The van der Waals surface area contributed by atoms with E-state index in [0.29, 0.717) is 12.3 Å². The first-order chi connectivity index (χ1) is 16.2. The Morgan fingerprint density at radius 2 is 1.47 bits per heavy atom. The maximum Gasteiger partial charge on any atom is 0.407 e. The van der Waals surface area contributed by atoms with Gasteiger partial charge in [0.15, 0.2) is 0 Å². The smallest absolute Gasteiger partial charge is 0.407 e. The zero-order valence-electron chi connectivity index (χ0n) is 21.1. The number of hydrogen-bond acceptors (Lipinski definition) is 5. The molecule has 2 N–H and O–H groups in total. The van der Waals surface area contributed by atoms with Crippen LogP contribution in [0.1, 0.15) is 89.7 Å². The van der Waals surface area contributed by atoms with E-state index >= 15 is 0 Å². The monoisotopic (exact) mass is 474 g/mol. The Bertz CT molecular complexity index is 760. The maximum atomic E-state index is 12.4. The molecule has 0 aromatic heterocycles. The van der Waals surface area contributed by atoms with Crippen LogP contribution in [0, 0.1) is 5.92 Å². The highest BCUT2D eigenvalue weighted by Crippen LogP contribution is 2.21. The number of ether oxygens (including phenoxy) is 2. The van der Waals surface area contributed by atoms with Crippen LogP contribution >= 0.6 is 0 Å². The van der Waals surface area contributed by atoms with Gasteiger partial charge in [0.2, 0.25) is 5.91 Å². The van der Waals surface area contributed by atoms with Gasteiger partial charge >= 0.3 is 12.1 Å². The number of nitrogens with one attached hydrogen (secondary N) is 2. The molecule has 1 aliphatic carbocycles. The van der Waals surface area contributed by atoms with Crippen LogP contribution in [0.4, 0.5) is 4.79 Å². The molecule has 0 spiro atoms. The highest BCUT2D eigenvalue weighted by Gasteiger charge is 2.16. The van der Waals surface area contributed by atoms with Gasteiger partial charge in [-0.2, -0.15) is 0 Å². The number of amides is 2. The summed E-state index contributed by atoms with van der Waals surface area (Å²) in [5, 5.41) is 5.65. The maximum absolute atomic E-state index is 12.4. The van der Waals surface area contributed by atoms with Gasteiger partial charge in [-0.1, -0.05) is 62.8 Å². The predicted octanol–water partition coefficient (Wildman–Crippen LogP) is 5.05. The average Bonchev–Trinajstić information content (AvgIpc) is 2.90. The zero-order valence-corrected chi connectivity index (χ0v) is 21.1. The Kier molecular flexibility index (Phi) is 11.9. The SMILES string of the molecule is CC(C)(C)OC(=O)NCCC(=O)OCc1ccc(CC(=O)NCC2CCCCCCCC2)cc1. The van der Waals surface area contributed by atoms with Crippen molar-refractivity contribution in [3.8, 4) is 0 Å². The Balaban J connectivity index is 1.63. The Labute approximate surface area is 204 Å². The van der Waals surface area contributed by atoms with Crippen molar-refractivity contribution in [3.63, 3.8) is 0 Å². The Hall–Kier alpha value is -2.57. The fourth-order valence-corrected chi connectivity index (χ4v) is 4.00. The molecule has 1 aliphatic rings. The molecule has 7 nitrogen and oxygen atoms in total. The first kappa shape index (κ1) is 27.7. The molecule has 1 aromatic carbocycles. The molecule has 0 saturated heterocycles. The molecule has 0 bridgehead atoms. The van der Waals surface area contributed by atoms with E-state index in [-0.39, 0.29) is 25.5 Å². The van der Waals surface area contributed by atoms with Crippen molar-refractivity contribution >= 4 is 18.0 Å². The number of rotatable bonds is 9. The van der Waals surface area contributed by atoms with Gasteiger partial charge in [0.1, 0.15) is 12.2 Å². The third kappa shape index (κ3) is 12.6. The van der Waals surface area contributed by atoms with E-state index in [1.807, 2.05) is 24.3 Å². The summed E-state index contributed by atoms with van der Waals surface area (Å²) in [5.41, 5.74) is 1.21. The highest BCUT2D eigenvalue weighted by atomic mass is 16.6. The summed E-state index contributed by atoms with van der Waals surface area (Å²) in [6.07, 6.45) is 10.2. The number of alkyl carbamates (subject to hydrolysis) is 1. The molecule has 2 rings (SSSR count). The number of carbonyl (C=O) groups is 3. The van der Waals surface area contributed by atoms with E-state index < -0.39 is 17.7 Å². The topological polar surface area (TPSA) is 93.7 Å². The number of benzene rings is 1. The van der Waals surface area contributed by atoms with E-state index in [9.17, 15) is 14.4 Å². The van der Waals surface area contributed by atoms with Gasteiger partial charge < -0.3 is 20.1 Å². The van der Waals surface area contributed by atoms with Crippen LogP contribution in [0.3, 0.4) is 0 Å². The van der Waals surface area contributed by atoms with Gasteiger partial charge in [0.05, 0.1) is 12.8 Å². The number of hydrogen-bond donors (Lipinski definition) is 2. The van der Waals surface area contributed by atoms with Gasteiger partial charge in [-0.05, 0) is 50.7 Å². The summed E-state index contributed by atoms with van der Waals surface area (Å²) >= 11 is 0. The summed E-state index contributed by atoms with van der Waals surface area (Å²) in [7, 11) is 0. The third-order valence-electron chi connectivity index (χ3n) is 5.85. The summed E-state index contributed by atoms with van der Waals surface area (Å²) in [5.74, 6) is 0.249. The molecular formula is C27H42N2O5. The Morgan fingerprint density at radius 1 is 0.882 bits per heavy atom. The first-order valence-corrected chi connectivity index (χ1v) is 12.7. The molecule has 0 unspecified atom stereocenters. The van der Waals surface area contributed by atoms with Crippen molar-refractivity contribution in [3.05, 3.63) is 35.4 Å². The van der Waals surface area contributed by atoms with Crippen LogP contribution < -0.4 is 10.6 Å². The summed E-state index contributed by atoms with van der Waals surface area (Å²) in [4.78, 5) is 35.8. The lowest BCUT2D eigenvalue weighted by molar-refractivity contribution is -0.144. The van der Waals surface area contributed by atoms with E-state index in [4.69, 9.17) is 9.47 Å². The molecule has 34 heavy (non-hydrogen) atoms. The third-order valence-corrected chi connectivity index (χ3v) is 5.85. The van der Waals surface area contributed by atoms with Crippen LogP contribution in [-0.2, 0) is 32.1 Å². The van der Waals surface area contributed by atoms with E-state index in [0.717, 1.165) is 17.7 Å². The van der Waals surface area contributed by atoms with Gasteiger partial charge in [-0.15, -0.1) is 0 Å². The molecule has 190 valence electrons. The van der Waals surface area contributed by atoms with Crippen molar-refractivity contribution in [2.45, 2.75) is 97.2 Å². The van der Waals surface area contributed by atoms with Crippen LogP contribution in [0.2, 0.25) is 0 Å². The lowest BCUT2D eigenvalue weighted by atomic mass is 9.97. The van der Waals surface area contributed by atoms with E-state index in [1.165, 1.54) is 51.4 Å². The van der Waals surface area contributed by atoms with E-state index in [2.05, 4.69) is 10.6 Å². The van der Waals surface area contributed by atoms with Crippen LogP contribution in [0.5, 0.6) is 0 Å². The molecule has 2 amide bonds. The van der Waals surface area contributed by atoms with Crippen LogP contribution in [-0.4, -0.2) is 36.7 Å². The highest BCUT2D eigenvalue weighted by molar-refractivity contribution is 5.78. The van der Waals surface area contributed by atoms with Gasteiger partial charge in [0, 0.05) is 13.1 Å². The minimum Gasteiger partial charge on any atom is -0.461 e. The second-order valence-corrected chi connectivity index (χ2v) is 10.2.